The van der Waals surface area contributed by atoms with Gasteiger partial charge in [0.25, 0.3) is 0 Å². The Labute approximate surface area is 135 Å². The molecule has 0 saturated heterocycles. The van der Waals surface area contributed by atoms with E-state index in [4.69, 9.17) is 0 Å². The number of aryl methyl sites for hydroxylation is 1. The smallest absolute Gasteiger partial charge is 0.220 e. The molecule has 0 bridgehead atoms. The SMILES string of the molecule is O=C(CCc1c[nH]c2ccccc12)NCCc1ccccc1O. The molecule has 0 aliphatic rings. The van der Waals surface area contributed by atoms with Crippen molar-refractivity contribution in [1.29, 1.82) is 0 Å². The van der Waals surface area contributed by atoms with Crippen LogP contribution in [0.2, 0.25) is 0 Å². The molecular weight excluding hydrogens is 288 g/mol. The van der Waals surface area contributed by atoms with Gasteiger partial charge in [-0.25, -0.2) is 0 Å². The first-order valence-corrected chi connectivity index (χ1v) is 7.82. The number of hydrogen-bond acceptors (Lipinski definition) is 2. The number of rotatable bonds is 6. The predicted molar refractivity (Wildman–Crippen MR) is 91.4 cm³/mol. The van der Waals surface area contributed by atoms with Crippen molar-refractivity contribution in [2.45, 2.75) is 19.3 Å². The normalized spacial score (nSPS) is 10.8. The monoisotopic (exact) mass is 308 g/mol. The summed E-state index contributed by atoms with van der Waals surface area (Å²) < 4.78 is 0. The van der Waals surface area contributed by atoms with Crippen LogP contribution in [0.25, 0.3) is 10.9 Å². The number of fused-ring (bicyclic) bond motifs is 1. The van der Waals surface area contributed by atoms with Crippen LogP contribution in [0.15, 0.2) is 54.7 Å². The Morgan fingerprint density at radius 3 is 2.65 bits per heavy atom. The van der Waals surface area contributed by atoms with Gasteiger partial charge in [0, 0.05) is 30.1 Å². The van der Waals surface area contributed by atoms with E-state index in [2.05, 4.69) is 16.4 Å². The first-order valence-electron chi connectivity index (χ1n) is 7.82. The van der Waals surface area contributed by atoms with Crippen molar-refractivity contribution >= 4 is 16.8 Å². The molecule has 1 amide bonds. The summed E-state index contributed by atoms with van der Waals surface area (Å²) in [6.45, 7) is 0.532. The minimum absolute atomic E-state index is 0.0331. The Hall–Kier alpha value is -2.75. The zero-order valence-electron chi connectivity index (χ0n) is 12.9. The molecule has 1 aromatic heterocycles. The van der Waals surface area contributed by atoms with Crippen LogP contribution in [0.3, 0.4) is 0 Å². The maximum atomic E-state index is 12.0. The molecule has 0 fully saturated rings. The largest absolute Gasteiger partial charge is 0.508 e. The van der Waals surface area contributed by atoms with Gasteiger partial charge in [-0.05, 0) is 36.1 Å². The third-order valence-electron chi connectivity index (χ3n) is 4.00. The molecule has 3 N–H and O–H groups in total. The van der Waals surface area contributed by atoms with Crippen LogP contribution in [0, 0.1) is 0 Å². The number of aromatic hydroxyl groups is 1. The van der Waals surface area contributed by atoms with Gasteiger partial charge >= 0.3 is 0 Å². The number of aromatic amines is 1. The summed E-state index contributed by atoms with van der Waals surface area (Å²) in [4.78, 5) is 15.2. The highest BCUT2D eigenvalue weighted by atomic mass is 16.3. The highest BCUT2D eigenvalue weighted by Crippen LogP contribution is 2.19. The fourth-order valence-electron chi connectivity index (χ4n) is 2.73. The average molecular weight is 308 g/mol. The van der Waals surface area contributed by atoms with E-state index < -0.39 is 0 Å². The number of H-pyrrole nitrogens is 1. The van der Waals surface area contributed by atoms with Crippen molar-refractivity contribution in [3.8, 4) is 5.75 Å². The van der Waals surface area contributed by atoms with Crippen LogP contribution in [0.4, 0.5) is 0 Å². The lowest BCUT2D eigenvalue weighted by molar-refractivity contribution is -0.121. The maximum Gasteiger partial charge on any atom is 0.220 e. The number of aromatic nitrogens is 1. The van der Waals surface area contributed by atoms with Gasteiger partial charge in [-0.15, -0.1) is 0 Å². The molecular formula is C19H20N2O2. The summed E-state index contributed by atoms with van der Waals surface area (Å²) >= 11 is 0. The fraction of sp³-hybridized carbons (Fsp3) is 0.211. The second kappa shape index (κ2) is 7.01. The molecule has 118 valence electrons. The summed E-state index contributed by atoms with van der Waals surface area (Å²) in [5.41, 5.74) is 3.11. The van der Waals surface area contributed by atoms with Gasteiger partial charge in [0.15, 0.2) is 0 Å². The standard InChI is InChI=1S/C19H20N2O2/c22-18-8-4-1-5-14(18)11-12-20-19(23)10-9-15-13-21-17-7-3-2-6-16(15)17/h1-8,13,21-22H,9-12H2,(H,20,23). The Morgan fingerprint density at radius 2 is 1.78 bits per heavy atom. The molecule has 0 aliphatic carbocycles. The molecule has 4 nitrogen and oxygen atoms in total. The highest BCUT2D eigenvalue weighted by molar-refractivity contribution is 5.84. The van der Waals surface area contributed by atoms with Crippen molar-refractivity contribution in [2.24, 2.45) is 0 Å². The third kappa shape index (κ3) is 3.72. The number of carbonyl (C=O) groups is 1. The first kappa shape index (κ1) is 15.2. The number of para-hydroxylation sites is 2. The van der Waals surface area contributed by atoms with E-state index in [1.807, 2.05) is 36.5 Å². The van der Waals surface area contributed by atoms with Crippen molar-refractivity contribution in [3.63, 3.8) is 0 Å². The predicted octanol–water partition coefficient (Wildman–Crippen LogP) is 3.17. The lowest BCUT2D eigenvalue weighted by Gasteiger charge is -2.06. The molecule has 3 aromatic rings. The lowest BCUT2D eigenvalue weighted by Crippen LogP contribution is -2.25. The van der Waals surface area contributed by atoms with Crippen LogP contribution in [0.1, 0.15) is 17.5 Å². The van der Waals surface area contributed by atoms with Gasteiger partial charge in [-0.3, -0.25) is 4.79 Å². The number of amides is 1. The molecule has 0 atom stereocenters. The van der Waals surface area contributed by atoms with E-state index in [-0.39, 0.29) is 11.7 Å². The molecule has 0 aliphatic heterocycles. The summed E-state index contributed by atoms with van der Waals surface area (Å²) in [6, 6.07) is 15.3. The summed E-state index contributed by atoms with van der Waals surface area (Å²) in [5.74, 6) is 0.311. The van der Waals surface area contributed by atoms with Gasteiger partial charge in [0.1, 0.15) is 5.75 Å². The van der Waals surface area contributed by atoms with Crippen LogP contribution in [-0.4, -0.2) is 22.5 Å². The molecule has 0 spiro atoms. The molecule has 0 unspecified atom stereocenters. The van der Waals surface area contributed by atoms with Crippen molar-refractivity contribution in [1.82, 2.24) is 10.3 Å². The number of hydrogen-bond donors (Lipinski definition) is 3. The van der Waals surface area contributed by atoms with E-state index in [1.54, 1.807) is 12.1 Å². The molecule has 2 aromatic carbocycles. The maximum absolute atomic E-state index is 12.0. The number of carbonyl (C=O) groups excluding carboxylic acids is 1. The number of phenols is 1. The second-order valence-electron chi connectivity index (χ2n) is 5.59. The van der Waals surface area contributed by atoms with E-state index in [0.29, 0.717) is 25.8 Å². The molecule has 0 radical (unpaired) electrons. The molecule has 3 rings (SSSR count). The zero-order chi connectivity index (χ0) is 16.1. The zero-order valence-corrected chi connectivity index (χ0v) is 12.9. The van der Waals surface area contributed by atoms with Gasteiger partial charge in [-0.2, -0.15) is 0 Å². The third-order valence-corrected chi connectivity index (χ3v) is 4.00. The van der Waals surface area contributed by atoms with E-state index in [1.165, 1.54) is 5.39 Å². The summed E-state index contributed by atoms with van der Waals surface area (Å²) in [7, 11) is 0. The Bertz CT molecular complexity index is 808. The Morgan fingerprint density at radius 1 is 1.00 bits per heavy atom. The van der Waals surface area contributed by atoms with Gasteiger partial charge in [-0.1, -0.05) is 36.4 Å². The van der Waals surface area contributed by atoms with Gasteiger partial charge in [0.05, 0.1) is 0 Å². The fourth-order valence-corrected chi connectivity index (χ4v) is 2.73. The minimum Gasteiger partial charge on any atom is -0.508 e. The van der Waals surface area contributed by atoms with Gasteiger partial charge < -0.3 is 15.4 Å². The van der Waals surface area contributed by atoms with Crippen molar-refractivity contribution < 1.29 is 9.90 Å². The Balaban J connectivity index is 1.47. The Kier molecular flexibility index (Phi) is 4.62. The van der Waals surface area contributed by atoms with Crippen molar-refractivity contribution in [2.75, 3.05) is 6.54 Å². The van der Waals surface area contributed by atoms with E-state index in [0.717, 1.165) is 16.6 Å². The van der Waals surface area contributed by atoms with E-state index in [9.17, 15) is 9.90 Å². The lowest BCUT2D eigenvalue weighted by atomic mass is 10.1. The minimum atomic E-state index is 0.0331. The molecule has 23 heavy (non-hydrogen) atoms. The first-order chi connectivity index (χ1) is 11.2. The molecule has 0 saturated carbocycles. The number of phenolic OH excluding ortho intramolecular Hbond substituents is 1. The number of benzene rings is 2. The number of nitrogens with one attached hydrogen (secondary N) is 2. The molecule has 1 heterocycles. The topological polar surface area (TPSA) is 65.1 Å². The summed E-state index contributed by atoms with van der Waals surface area (Å²) in [6.07, 6.45) is 3.78. The quantitative estimate of drug-likeness (QED) is 0.655. The van der Waals surface area contributed by atoms with Crippen molar-refractivity contribution in [3.05, 3.63) is 65.9 Å². The second-order valence-corrected chi connectivity index (χ2v) is 5.59. The summed E-state index contributed by atoms with van der Waals surface area (Å²) in [5, 5.41) is 13.8. The van der Waals surface area contributed by atoms with E-state index >= 15 is 0 Å². The average Bonchev–Trinajstić information content (AvgIpc) is 2.98. The highest BCUT2D eigenvalue weighted by Gasteiger charge is 2.07. The van der Waals surface area contributed by atoms with Crippen LogP contribution < -0.4 is 5.32 Å². The van der Waals surface area contributed by atoms with Crippen LogP contribution in [-0.2, 0) is 17.6 Å². The van der Waals surface area contributed by atoms with Gasteiger partial charge in [0.2, 0.25) is 5.91 Å². The molecule has 4 heteroatoms. The van der Waals surface area contributed by atoms with Crippen LogP contribution >= 0.6 is 0 Å². The van der Waals surface area contributed by atoms with Crippen LogP contribution in [0.5, 0.6) is 5.75 Å².